The van der Waals surface area contributed by atoms with E-state index in [9.17, 15) is 4.79 Å². The van der Waals surface area contributed by atoms with Gasteiger partial charge in [-0.1, -0.05) is 12.1 Å². The molecule has 3 rings (SSSR count). The van der Waals surface area contributed by atoms with E-state index in [0.29, 0.717) is 5.56 Å². The Labute approximate surface area is 131 Å². The van der Waals surface area contributed by atoms with Crippen LogP contribution >= 0.6 is 23.1 Å². The van der Waals surface area contributed by atoms with Crippen LogP contribution in [-0.2, 0) is 0 Å². The van der Waals surface area contributed by atoms with Crippen molar-refractivity contribution in [2.75, 3.05) is 11.6 Å². The standard InChI is InChI=1S/C16H14N2OS2/c1-10-17-13-8-7-11(9-15(13)21-10)18-16(19)12-5-3-4-6-14(12)20-2/h3-9H,1-2H3,(H,18,19). The Bertz CT molecular complexity index is 811. The maximum absolute atomic E-state index is 12.4. The van der Waals surface area contributed by atoms with E-state index in [-0.39, 0.29) is 5.91 Å². The summed E-state index contributed by atoms with van der Waals surface area (Å²) in [6.07, 6.45) is 1.97. The van der Waals surface area contributed by atoms with Crippen molar-refractivity contribution in [2.24, 2.45) is 0 Å². The molecule has 3 aromatic rings. The molecule has 0 spiro atoms. The molecule has 0 unspecified atom stereocenters. The molecule has 106 valence electrons. The predicted octanol–water partition coefficient (Wildman–Crippen LogP) is 4.58. The highest BCUT2D eigenvalue weighted by Crippen LogP contribution is 2.26. The van der Waals surface area contributed by atoms with E-state index in [4.69, 9.17) is 0 Å². The Morgan fingerprint density at radius 2 is 2.05 bits per heavy atom. The first kappa shape index (κ1) is 14.1. The average molecular weight is 314 g/mol. The minimum absolute atomic E-state index is 0.0828. The number of nitrogens with zero attached hydrogens (tertiary/aromatic N) is 1. The number of thiazole rings is 1. The molecule has 1 amide bonds. The second-order valence-electron chi connectivity index (χ2n) is 4.57. The molecule has 0 aliphatic carbocycles. The van der Waals surface area contributed by atoms with E-state index >= 15 is 0 Å². The van der Waals surface area contributed by atoms with Gasteiger partial charge in [0.25, 0.3) is 5.91 Å². The molecule has 0 fully saturated rings. The number of aromatic nitrogens is 1. The third-order valence-electron chi connectivity index (χ3n) is 3.10. The Kier molecular flexibility index (Phi) is 3.94. The van der Waals surface area contributed by atoms with E-state index in [1.807, 2.05) is 55.6 Å². The molecular formula is C16H14N2OS2. The smallest absolute Gasteiger partial charge is 0.256 e. The average Bonchev–Trinajstić information content (AvgIpc) is 2.86. The van der Waals surface area contributed by atoms with Crippen molar-refractivity contribution in [1.82, 2.24) is 4.98 Å². The Morgan fingerprint density at radius 3 is 2.86 bits per heavy atom. The zero-order valence-electron chi connectivity index (χ0n) is 11.7. The number of anilines is 1. The van der Waals surface area contributed by atoms with Crippen LogP contribution in [0, 0.1) is 6.92 Å². The van der Waals surface area contributed by atoms with Gasteiger partial charge in [0.1, 0.15) is 0 Å². The van der Waals surface area contributed by atoms with E-state index in [2.05, 4.69) is 10.3 Å². The van der Waals surface area contributed by atoms with Gasteiger partial charge in [0.05, 0.1) is 20.8 Å². The molecular weight excluding hydrogens is 300 g/mol. The number of hydrogen-bond donors (Lipinski definition) is 1. The number of thioether (sulfide) groups is 1. The molecule has 1 heterocycles. The number of carbonyl (C=O) groups is 1. The second-order valence-corrected chi connectivity index (χ2v) is 6.65. The summed E-state index contributed by atoms with van der Waals surface area (Å²) < 4.78 is 1.09. The Morgan fingerprint density at radius 1 is 1.24 bits per heavy atom. The first-order valence-corrected chi connectivity index (χ1v) is 8.53. The SMILES string of the molecule is CSc1ccccc1C(=O)Nc1ccc2nc(C)sc2c1. The highest BCUT2D eigenvalue weighted by atomic mass is 32.2. The highest BCUT2D eigenvalue weighted by molar-refractivity contribution is 7.98. The summed E-state index contributed by atoms with van der Waals surface area (Å²) in [7, 11) is 0. The predicted molar refractivity (Wildman–Crippen MR) is 90.5 cm³/mol. The lowest BCUT2D eigenvalue weighted by Gasteiger charge is -2.08. The summed E-state index contributed by atoms with van der Waals surface area (Å²) in [5, 5.41) is 3.99. The number of aryl methyl sites for hydroxylation is 1. The highest BCUT2D eigenvalue weighted by Gasteiger charge is 2.11. The van der Waals surface area contributed by atoms with E-state index in [1.165, 1.54) is 0 Å². The lowest BCUT2D eigenvalue weighted by Crippen LogP contribution is -2.12. The van der Waals surface area contributed by atoms with Crippen LogP contribution in [0.1, 0.15) is 15.4 Å². The molecule has 5 heteroatoms. The lowest BCUT2D eigenvalue weighted by atomic mass is 10.2. The Hall–Kier alpha value is -1.85. The molecule has 1 N–H and O–H groups in total. The van der Waals surface area contributed by atoms with Crippen LogP contribution in [0.3, 0.4) is 0 Å². The number of fused-ring (bicyclic) bond motifs is 1. The number of nitrogens with one attached hydrogen (secondary N) is 1. The van der Waals surface area contributed by atoms with Crippen molar-refractivity contribution >= 4 is 44.9 Å². The van der Waals surface area contributed by atoms with E-state index in [1.54, 1.807) is 23.1 Å². The number of hydrogen-bond acceptors (Lipinski definition) is 4. The molecule has 0 aliphatic heterocycles. The topological polar surface area (TPSA) is 42.0 Å². The van der Waals surface area contributed by atoms with Gasteiger partial charge in [-0.2, -0.15) is 0 Å². The van der Waals surface area contributed by atoms with Crippen LogP contribution in [0.5, 0.6) is 0 Å². The summed E-state index contributed by atoms with van der Waals surface area (Å²) in [4.78, 5) is 17.8. The number of carbonyl (C=O) groups excluding carboxylic acids is 1. The van der Waals surface area contributed by atoms with E-state index in [0.717, 1.165) is 25.8 Å². The monoisotopic (exact) mass is 314 g/mol. The van der Waals surface area contributed by atoms with Gasteiger partial charge in [-0.05, 0) is 43.5 Å². The lowest BCUT2D eigenvalue weighted by molar-refractivity contribution is 0.102. The summed E-state index contributed by atoms with van der Waals surface area (Å²) in [6, 6.07) is 13.4. The van der Waals surface area contributed by atoms with Crippen molar-refractivity contribution in [3.8, 4) is 0 Å². The van der Waals surface area contributed by atoms with E-state index < -0.39 is 0 Å². The van der Waals surface area contributed by atoms with Gasteiger partial charge in [0.15, 0.2) is 0 Å². The molecule has 0 atom stereocenters. The largest absolute Gasteiger partial charge is 0.322 e. The number of amides is 1. The maximum Gasteiger partial charge on any atom is 0.256 e. The van der Waals surface area contributed by atoms with Crippen LogP contribution in [0.25, 0.3) is 10.2 Å². The minimum Gasteiger partial charge on any atom is -0.322 e. The van der Waals surface area contributed by atoms with Crippen LogP contribution in [0.2, 0.25) is 0 Å². The fourth-order valence-electron chi connectivity index (χ4n) is 2.15. The number of rotatable bonds is 3. The molecule has 3 nitrogen and oxygen atoms in total. The second kappa shape index (κ2) is 5.87. The molecule has 0 saturated carbocycles. The summed E-state index contributed by atoms with van der Waals surface area (Å²) in [5.41, 5.74) is 2.47. The first-order valence-electron chi connectivity index (χ1n) is 6.49. The van der Waals surface area contributed by atoms with Crippen LogP contribution in [0.15, 0.2) is 47.4 Å². The summed E-state index contributed by atoms with van der Waals surface area (Å²) in [6.45, 7) is 1.98. The van der Waals surface area contributed by atoms with Gasteiger partial charge in [-0.15, -0.1) is 23.1 Å². The molecule has 0 bridgehead atoms. The molecule has 0 saturated heterocycles. The van der Waals surface area contributed by atoms with Crippen molar-refractivity contribution in [3.63, 3.8) is 0 Å². The van der Waals surface area contributed by atoms with Crippen molar-refractivity contribution in [1.29, 1.82) is 0 Å². The summed E-state index contributed by atoms with van der Waals surface area (Å²) >= 11 is 3.20. The van der Waals surface area contributed by atoms with Crippen LogP contribution < -0.4 is 5.32 Å². The van der Waals surface area contributed by atoms with Crippen molar-refractivity contribution in [3.05, 3.63) is 53.0 Å². The van der Waals surface area contributed by atoms with Gasteiger partial charge in [-0.25, -0.2) is 4.98 Å². The minimum atomic E-state index is -0.0828. The normalized spacial score (nSPS) is 10.8. The first-order chi connectivity index (χ1) is 10.2. The number of benzene rings is 2. The summed E-state index contributed by atoms with van der Waals surface area (Å²) in [5.74, 6) is -0.0828. The fourth-order valence-corrected chi connectivity index (χ4v) is 3.61. The van der Waals surface area contributed by atoms with Gasteiger partial charge < -0.3 is 5.32 Å². The zero-order chi connectivity index (χ0) is 14.8. The zero-order valence-corrected chi connectivity index (χ0v) is 13.3. The molecule has 1 aromatic heterocycles. The maximum atomic E-state index is 12.4. The molecule has 21 heavy (non-hydrogen) atoms. The van der Waals surface area contributed by atoms with Crippen molar-refractivity contribution < 1.29 is 4.79 Å². The molecule has 0 aliphatic rings. The van der Waals surface area contributed by atoms with Gasteiger partial charge >= 0.3 is 0 Å². The Balaban J connectivity index is 1.88. The fraction of sp³-hybridized carbons (Fsp3) is 0.125. The quantitative estimate of drug-likeness (QED) is 0.720. The van der Waals surface area contributed by atoms with Gasteiger partial charge in [0, 0.05) is 10.6 Å². The van der Waals surface area contributed by atoms with Gasteiger partial charge in [0.2, 0.25) is 0 Å². The molecule has 0 radical (unpaired) electrons. The third-order valence-corrected chi connectivity index (χ3v) is 4.83. The molecule has 2 aromatic carbocycles. The van der Waals surface area contributed by atoms with Crippen molar-refractivity contribution in [2.45, 2.75) is 11.8 Å². The van der Waals surface area contributed by atoms with Gasteiger partial charge in [-0.3, -0.25) is 4.79 Å². The third kappa shape index (κ3) is 2.94. The van der Waals surface area contributed by atoms with Crippen LogP contribution in [0.4, 0.5) is 5.69 Å². The van der Waals surface area contributed by atoms with Crippen LogP contribution in [-0.4, -0.2) is 17.1 Å².